The topological polar surface area (TPSA) is 78.6 Å². The summed E-state index contributed by atoms with van der Waals surface area (Å²) in [5.74, 6) is 0.857. The maximum Gasteiger partial charge on any atom is 0.410 e. The average molecular weight is 646 g/mol. The minimum atomic E-state index is -0.386. The van der Waals surface area contributed by atoms with Crippen LogP contribution in [0.25, 0.3) is 15.6 Å². The van der Waals surface area contributed by atoms with Crippen molar-refractivity contribution in [2.75, 3.05) is 62.7 Å². The minimum Gasteiger partial charge on any atom is -0.462 e. The number of piperazine rings is 1. The monoisotopic (exact) mass is 645 g/mol. The number of aromatic nitrogens is 2. The molecule has 4 heterocycles. The van der Waals surface area contributed by atoms with Gasteiger partial charge < -0.3 is 29.0 Å². The molecule has 3 aliphatic heterocycles. The summed E-state index contributed by atoms with van der Waals surface area (Å²) in [7, 11) is 2.14. The number of likely N-dealkylation sites (N-methyl/N-ethyl adjacent to an activating group) is 1. The summed E-state index contributed by atoms with van der Waals surface area (Å²) in [6.07, 6.45) is 2.66. The molecule has 2 saturated heterocycles. The highest BCUT2D eigenvalue weighted by Gasteiger charge is 2.36. The normalized spacial score (nSPS) is 19.6. The summed E-state index contributed by atoms with van der Waals surface area (Å²) in [4.78, 5) is 35.7. The van der Waals surface area contributed by atoms with Crippen molar-refractivity contribution in [2.45, 2.75) is 51.4 Å². The van der Waals surface area contributed by atoms with Gasteiger partial charge in [0.1, 0.15) is 25.1 Å². The molecule has 1 aromatic heterocycles. The van der Waals surface area contributed by atoms with E-state index in [4.69, 9.17) is 26.0 Å². The van der Waals surface area contributed by atoms with Crippen molar-refractivity contribution in [1.82, 2.24) is 19.8 Å². The Balaban J connectivity index is 1.16. The van der Waals surface area contributed by atoms with Crippen LogP contribution in [0.4, 0.5) is 16.3 Å². The number of hydrogen-bond acceptors (Lipinski definition) is 8. The molecule has 3 aliphatic rings. The van der Waals surface area contributed by atoms with Gasteiger partial charge in [-0.1, -0.05) is 60.7 Å². The molecule has 4 aromatic rings. The van der Waals surface area contributed by atoms with Gasteiger partial charge in [0.05, 0.1) is 12.2 Å². The SMILES string of the molecule is [C-]#[N+]C[C@@H]1CN(c2nc(OC[C@@H]3CCCN3C)nc3c2CCN(c2cccc4cccc(C)c24)C3)CCN1C(=O)OCc1ccccc1. The lowest BCUT2D eigenvalue weighted by atomic mass is 9.99. The van der Waals surface area contributed by atoms with Crippen molar-refractivity contribution in [3.8, 4) is 6.01 Å². The number of aryl methyl sites for hydroxylation is 1. The zero-order valence-corrected chi connectivity index (χ0v) is 27.8. The molecule has 0 aliphatic carbocycles. The molecule has 2 atom stereocenters. The first-order chi connectivity index (χ1) is 23.5. The van der Waals surface area contributed by atoms with Gasteiger partial charge in [0.2, 0.25) is 6.54 Å². The van der Waals surface area contributed by atoms with Crippen LogP contribution in [-0.4, -0.2) is 90.9 Å². The average Bonchev–Trinajstić information content (AvgIpc) is 3.53. The van der Waals surface area contributed by atoms with E-state index in [0.717, 1.165) is 48.6 Å². The highest BCUT2D eigenvalue weighted by atomic mass is 16.6. The van der Waals surface area contributed by atoms with Crippen LogP contribution < -0.4 is 14.5 Å². The number of amides is 1. The quantitative estimate of drug-likeness (QED) is 0.225. The molecule has 248 valence electrons. The number of ether oxygens (including phenoxy) is 2. The zero-order chi connectivity index (χ0) is 33.0. The summed E-state index contributed by atoms with van der Waals surface area (Å²) in [6, 6.07) is 23.1. The van der Waals surface area contributed by atoms with E-state index in [1.54, 1.807) is 4.90 Å². The number of rotatable bonds is 8. The van der Waals surface area contributed by atoms with Gasteiger partial charge >= 0.3 is 12.1 Å². The standard InChI is InChI=1S/C38H43N7O3/c1-27-10-7-13-29-14-8-16-34(35(27)29)43-19-17-32-33(24-43)40-37(47-26-30-15-9-18-42(30)3)41-36(32)44-20-21-45(31(23-44)22-39-2)38(46)48-25-28-11-5-4-6-12-28/h4-8,10-14,16,30-31H,9,15,17-26H2,1,3H3/t30-,31+/m0/s1. The van der Waals surface area contributed by atoms with Crippen LogP contribution >= 0.6 is 0 Å². The van der Waals surface area contributed by atoms with Gasteiger partial charge in [0.15, 0.2) is 0 Å². The van der Waals surface area contributed by atoms with Crippen molar-refractivity contribution < 1.29 is 14.3 Å². The summed E-state index contributed by atoms with van der Waals surface area (Å²) >= 11 is 0. The molecule has 0 bridgehead atoms. The van der Waals surface area contributed by atoms with Gasteiger partial charge in [-0.05, 0) is 62.4 Å². The van der Waals surface area contributed by atoms with Crippen LogP contribution in [0, 0.1) is 13.5 Å². The van der Waals surface area contributed by atoms with E-state index >= 15 is 0 Å². The molecule has 3 aromatic carbocycles. The van der Waals surface area contributed by atoms with Crippen LogP contribution in [-0.2, 0) is 24.3 Å². The Morgan fingerprint density at radius 1 is 0.958 bits per heavy atom. The lowest BCUT2D eigenvalue weighted by molar-refractivity contribution is 0.0788. The number of anilines is 2. The minimum absolute atomic E-state index is 0.190. The number of fused-ring (bicyclic) bond motifs is 2. The predicted molar refractivity (Wildman–Crippen MR) is 187 cm³/mol. The lowest BCUT2D eigenvalue weighted by Gasteiger charge is -2.40. The molecule has 2 fully saturated rings. The van der Waals surface area contributed by atoms with Gasteiger partial charge in [-0.15, -0.1) is 0 Å². The number of carbonyl (C=O) groups is 1. The summed E-state index contributed by atoms with van der Waals surface area (Å²) in [5, 5.41) is 2.51. The fourth-order valence-electron chi connectivity index (χ4n) is 7.40. The van der Waals surface area contributed by atoms with E-state index in [1.807, 2.05) is 30.3 Å². The molecule has 0 radical (unpaired) electrons. The van der Waals surface area contributed by atoms with Crippen molar-refractivity contribution >= 4 is 28.4 Å². The van der Waals surface area contributed by atoms with E-state index in [1.165, 1.54) is 28.4 Å². The number of hydrogen-bond donors (Lipinski definition) is 0. The first-order valence-corrected chi connectivity index (χ1v) is 17.0. The van der Waals surface area contributed by atoms with Gasteiger partial charge in [-0.25, -0.2) is 11.4 Å². The molecule has 0 saturated carbocycles. The van der Waals surface area contributed by atoms with E-state index in [0.29, 0.717) is 44.8 Å². The van der Waals surface area contributed by atoms with Crippen LogP contribution in [0.2, 0.25) is 0 Å². The van der Waals surface area contributed by atoms with Gasteiger partial charge in [-0.3, -0.25) is 4.90 Å². The van der Waals surface area contributed by atoms with Crippen LogP contribution in [0.15, 0.2) is 66.7 Å². The molecule has 10 nitrogen and oxygen atoms in total. The molecule has 48 heavy (non-hydrogen) atoms. The van der Waals surface area contributed by atoms with Crippen molar-refractivity contribution in [3.63, 3.8) is 0 Å². The summed E-state index contributed by atoms with van der Waals surface area (Å²) in [6.45, 7) is 14.8. The van der Waals surface area contributed by atoms with Gasteiger partial charge in [0, 0.05) is 48.9 Å². The Labute approximate surface area is 282 Å². The fourth-order valence-corrected chi connectivity index (χ4v) is 7.40. The largest absolute Gasteiger partial charge is 0.462 e. The Bertz CT molecular complexity index is 1800. The van der Waals surface area contributed by atoms with E-state index in [-0.39, 0.29) is 25.3 Å². The van der Waals surface area contributed by atoms with E-state index in [9.17, 15) is 4.79 Å². The third-order valence-corrected chi connectivity index (χ3v) is 10.1. The molecule has 1 amide bonds. The Kier molecular flexibility index (Phi) is 9.30. The van der Waals surface area contributed by atoms with Crippen LogP contribution in [0.1, 0.15) is 35.2 Å². The Morgan fingerprint density at radius 3 is 2.58 bits per heavy atom. The lowest BCUT2D eigenvalue weighted by Crippen LogP contribution is -2.57. The van der Waals surface area contributed by atoms with Gasteiger partial charge in [0.25, 0.3) is 0 Å². The number of carbonyl (C=O) groups excluding carboxylic acids is 1. The van der Waals surface area contributed by atoms with Crippen LogP contribution in [0.3, 0.4) is 0 Å². The molecular weight excluding hydrogens is 602 g/mol. The molecule has 0 spiro atoms. The maximum atomic E-state index is 13.2. The van der Waals surface area contributed by atoms with Crippen molar-refractivity contribution in [1.29, 1.82) is 0 Å². The second-order valence-electron chi connectivity index (χ2n) is 13.1. The predicted octanol–water partition coefficient (Wildman–Crippen LogP) is 5.72. The first-order valence-electron chi connectivity index (χ1n) is 17.0. The second-order valence-corrected chi connectivity index (χ2v) is 13.1. The Hall–Kier alpha value is -4.88. The summed E-state index contributed by atoms with van der Waals surface area (Å²) in [5.41, 5.74) is 5.50. The highest BCUT2D eigenvalue weighted by molar-refractivity contribution is 5.97. The fraction of sp³-hybridized carbons (Fsp3) is 0.421. The zero-order valence-electron chi connectivity index (χ0n) is 27.8. The maximum absolute atomic E-state index is 13.2. The number of nitrogens with zero attached hydrogens (tertiary/aromatic N) is 7. The van der Waals surface area contributed by atoms with E-state index in [2.05, 4.69) is 69.9 Å². The van der Waals surface area contributed by atoms with Crippen molar-refractivity contribution in [3.05, 3.63) is 101 Å². The Morgan fingerprint density at radius 2 is 1.79 bits per heavy atom. The van der Waals surface area contributed by atoms with Crippen molar-refractivity contribution in [2.24, 2.45) is 0 Å². The van der Waals surface area contributed by atoms with Gasteiger partial charge in [-0.2, -0.15) is 9.97 Å². The smallest absolute Gasteiger partial charge is 0.410 e. The molecule has 0 N–H and O–H groups in total. The highest BCUT2D eigenvalue weighted by Crippen LogP contribution is 2.36. The molecule has 7 rings (SSSR count). The molecule has 10 heteroatoms. The third-order valence-electron chi connectivity index (χ3n) is 10.1. The number of likely N-dealkylation sites (tertiary alicyclic amines) is 1. The summed E-state index contributed by atoms with van der Waals surface area (Å²) < 4.78 is 12.0. The van der Waals surface area contributed by atoms with Crippen LogP contribution in [0.5, 0.6) is 6.01 Å². The first kappa shape index (κ1) is 31.7. The third kappa shape index (κ3) is 6.60. The molecular formula is C38H43N7O3. The molecule has 0 unspecified atom stereocenters. The second kappa shape index (κ2) is 14.1. The number of benzene rings is 3. The van der Waals surface area contributed by atoms with E-state index < -0.39 is 0 Å².